The molecule has 0 spiro atoms. The van der Waals surface area contributed by atoms with Crippen LogP contribution in [-0.2, 0) is 0 Å². The molecule has 0 unspecified atom stereocenters. The first-order valence-electron chi connectivity index (χ1n) is 9.94. The number of amides is 2. The van der Waals surface area contributed by atoms with Crippen molar-refractivity contribution in [3.63, 3.8) is 0 Å². The van der Waals surface area contributed by atoms with Crippen LogP contribution in [0.15, 0.2) is 72.8 Å². The average Bonchev–Trinajstić information content (AvgIpc) is 2.75. The Morgan fingerprint density at radius 2 is 1.17 bits per heavy atom. The second-order valence-electron chi connectivity index (χ2n) is 7.11. The fraction of sp³-hybridized carbons (Fsp3) is 0.200. The molecule has 3 rings (SSSR count). The van der Waals surface area contributed by atoms with Gasteiger partial charge in [0.15, 0.2) is 0 Å². The molecule has 0 aromatic heterocycles. The molecule has 0 aliphatic carbocycles. The number of hydrogen-bond donors (Lipinski definition) is 2. The molecule has 0 saturated heterocycles. The Morgan fingerprint density at radius 1 is 0.733 bits per heavy atom. The van der Waals surface area contributed by atoms with Crippen molar-refractivity contribution in [3.05, 3.63) is 101 Å². The molecule has 0 saturated carbocycles. The normalized spacial score (nSPS) is 10.5. The van der Waals surface area contributed by atoms with Gasteiger partial charge in [0.25, 0.3) is 11.8 Å². The molecule has 0 radical (unpaired) electrons. The van der Waals surface area contributed by atoms with Gasteiger partial charge in [0, 0.05) is 11.1 Å². The summed E-state index contributed by atoms with van der Waals surface area (Å²) in [6.07, 6.45) is -0.691. The first-order valence-corrected chi connectivity index (χ1v) is 9.94. The zero-order valence-corrected chi connectivity index (χ0v) is 17.4. The summed E-state index contributed by atoms with van der Waals surface area (Å²) < 4.78 is 5.49. The van der Waals surface area contributed by atoms with Crippen LogP contribution in [0, 0.1) is 13.8 Å². The van der Waals surface area contributed by atoms with Crippen molar-refractivity contribution < 1.29 is 14.3 Å². The number of ether oxygens (including phenoxy) is 1. The van der Waals surface area contributed by atoms with Crippen molar-refractivity contribution in [3.8, 4) is 5.75 Å². The highest BCUT2D eigenvalue weighted by atomic mass is 16.5. The van der Waals surface area contributed by atoms with E-state index >= 15 is 0 Å². The van der Waals surface area contributed by atoms with Crippen LogP contribution in [0.4, 0.5) is 0 Å². The molecule has 0 heterocycles. The minimum atomic E-state index is -0.691. The summed E-state index contributed by atoms with van der Waals surface area (Å²) in [6, 6.07) is 21.9. The highest BCUT2D eigenvalue weighted by Gasteiger charge is 2.19. The molecule has 0 atom stereocenters. The Morgan fingerprint density at radius 3 is 1.57 bits per heavy atom. The molecular formula is C25H26N2O3. The fourth-order valence-corrected chi connectivity index (χ4v) is 2.96. The van der Waals surface area contributed by atoms with Crippen LogP contribution in [-0.4, -0.2) is 18.4 Å². The highest BCUT2D eigenvalue weighted by molar-refractivity contribution is 5.96. The lowest BCUT2D eigenvalue weighted by molar-refractivity contribution is 0.0883. The third-order valence-electron chi connectivity index (χ3n) is 4.70. The maximum absolute atomic E-state index is 12.8. The summed E-state index contributed by atoms with van der Waals surface area (Å²) in [4.78, 5) is 25.6. The van der Waals surface area contributed by atoms with Crippen LogP contribution in [0.25, 0.3) is 0 Å². The van der Waals surface area contributed by atoms with Gasteiger partial charge in [-0.05, 0) is 62.7 Å². The van der Waals surface area contributed by atoms with Crippen molar-refractivity contribution in [1.29, 1.82) is 0 Å². The van der Waals surface area contributed by atoms with Crippen LogP contribution in [0.1, 0.15) is 50.5 Å². The first-order chi connectivity index (χ1) is 14.5. The fourth-order valence-electron chi connectivity index (χ4n) is 2.96. The standard InChI is InChI=1S/C25H26N2O3/c1-4-30-22-15-13-19(14-16-22)23(26-24(28)20-9-5-17(2)6-10-20)27-25(29)21-11-7-18(3)8-12-21/h5-16,23H,4H2,1-3H3,(H,26,28)(H,27,29). The second-order valence-corrected chi connectivity index (χ2v) is 7.11. The molecule has 0 fully saturated rings. The van der Waals surface area contributed by atoms with E-state index in [4.69, 9.17) is 4.74 Å². The number of rotatable bonds is 7. The maximum Gasteiger partial charge on any atom is 0.253 e. The third kappa shape index (κ3) is 5.47. The number of nitrogens with one attached hydrogen (secondary N) is 2. The molecule has 3 aromatic carbocycles. The van der Waals surface area contributed by atoms with E-state index in [-0.39, 0.29) is 11.8 Å². The van der Waals surface area contributed by atoms with E-state index < -0.39 is 6.17 Å². The van der Waals surface area contributed by atoms with Gasteiger partial charge in [-0.2, -0.15) is 0 Å². The number of carbonyl (C=O) groups excluding carboxylic acids is 2. The predicted molar refractivity (Wildman–Crippen MR) is 118 cm³/mol. The largest absolute Gasteiger partial charge is 0.494 e. The maximum atomic E-state index is 12.8. The molecule has 0 bridgehead atoms. The van der Waals surface area contributed by atoms with Gasteiger partial charge < -0.3 is 15.4 Å². The summed E-state index contributed by atoms with van der Waals surface area (Å²) >= 11 is 0. The molecule has 0 aliphatic heterocycles. The van der Waals surface area contributed by atoms with E-state index in [1.54, 1.807) is 24.3 Å². The molecule has 2 amide bonds. The predicted octanol–water partition coefficient (Wildman–Crippen LogP) is 4.56. The lowest BCUT2D eigenvalue weighted by Crippen LogP contribution is -2.41. The van der Waals surface area contributed by atoms with Gasteiger partial charge in [0.2, 0.25) is 0 Å². The molecule has 154 valence electrons. The van der Waals surface area contributed by atoms with Gasteiger partial charge in [-0.1, -0.05) is 47.5 Å². The monoisotopic (exact) mass is 402 g/mol. The zero-order chi connectivity index (χ0) is 21.5. The highest BCUT2D eigenvalue weighted by Crippen LogP contribution is 2.18. The smallest absolute Gasteiger partial charge is 0.253 e. The van der Waals surface area contributed by atoms with E-state index in [0.29, 0.717) is 17.7 Å². The number of benzene rings is 3. The Balaban J connectivity index is 1.83. The van der Waals surface area contributed by atoms with E-state index in [1.165, 1.54) is 0 Å². The summed E-state index contributed by atoms with van der Waals surface area (Å²) in [6.45, 7) is 6.41. The third-order valence-corrected chi connectivity index (χ3v) is 4.70. The first kappa shape index (κ1) is 21.1. The molecule has 30 heavy (non-hydrogen) atoms. The summed E-state index contributed by atoms with van der Waals surface area (Å²) in [5.41, 5.74) is 3.95. The Hall–Kier alpha value is -3.60. The molecule has 5 heteroatoms. The molecular weight excluding hydrogens is 376 g/mol. The Kier molecular flexibility index (Phi) is 6.86. The molecule has 5 nitrogen and oxygen atoms in total. The molecule has 0 aliphatic rings. The van der Waals surface area contributed by atoms with E-state index in [2.05, 4.69) is 10.6 Å². The number of carbonyl (C=O) groups is 2. The minimum Gasteiger partial charge on any atom is -0.494 e. The van der Waals surface area contributed by atoms with Gasteiger partial charge in [-0.3, -0.25) is 9.59 Å². The van der Waals surface area contributed by atoms with E-state index in [9.17, 15) is 9.59 Å². The Labute approximate surface area is 177 Å². The summed E-state index contributed by atoms with van der Waals surface area (Å²) in [5.74, 6) is 0.200. The summed E-state index contributed by atoms with van der Waals surface area (Å²) in [5, 5.41) is 5.84. The van der Waals surface area contributed by atoms with Gasteiger partial charge in [-0.15, -0.1) is 0 Å². The average molecular weight is 402 g/mol. The van der Waals surface area contributed by atoms with E-state index in [1.807, 2.05) is 69.3 Å². The SMILES string of the molecule is CCOc1ccc(C(NC(=O)c2ccc(C)cc2)NC(=O)c2ccc(C)cc2)cc1. The van der Waals surface area contributed by atoms with Gasteiger partial charge in [-0.25, -0.2) is 0 Å². The van der Waals surface area contributed by atoms with Crippen LogP contribution >= 0.6 is 0 Å². The molecule has 2 N–H and O–H groups in total. The lowest BCUT2D eigenvalue weighted by atomic mass is 10.1. The van der Waals surface area contributed by atoms with Crippen molar-refractivity contribution in [2.24, 2.45) is 0 Å². The van der Waals surface area contributed by atoms with Crippen LogP contribution in [0.3, 0.4) is 0 Å². The Bertz CT molecular complexity index is 935. The van der Waals surface area contributed by atoms with Crippen LogP contribution in [0.2, 0.25) is 0 Å². The minimum absolute atomic E-state index is 0.266. The van der Waals surface area contributed by atoms with Gasteiger partial charge in [0.1, 0.15) is 11.9 Å². The quantitative estimate of drug-likeness (QED) is 0.569. The van der Waals surface area contributed by atoms with Gasteiger partial charge >= 0.3 is 0 Å². The van der Waals surface area contributed by atoms with Crippen molar-refractivity contribution in [2.75, 3.05) is 6.61 Å². The zero-order valence-electron chi connectivity index (χ0n) is 17.4. The number of hydrogen-bond acceptors (Lipinski definition) is 3. The van der Waals surface area contributed by atoms with Crippen molar-refractivity contribution >= 4 is 11.8 Å². The topological polar surface area (TPSA) is 67.4 Å². The lowest BCUT2D eigenvalue weighted by Gasteiger charge is -2.21. The van der Waals surface area contributed by atoms with Crippen LogP contribution < -0.4 is 15.4 Å². The second kappa shape index (κ2) is 9.74. The number of aryl methyl sites for hydroxylation is 2. The van der Waals surface area contributed by atoms with Crippen molar-refractivity contribution in [2.45, 2.75) is 26.9 Å². The van der Waals surface area contributed by atoms with Gasteiger partial charge in [0.05, 0.1) is 6.61 Å². The van der Waals surface area contributed by atoms with E-state index in [0.717, 1.165) is 22.4 Å². The van der Waals surface area contributed by atoms with Crippen LogP contribution in [0.5, 0.6) is 5.75 Å². The summed E-state index contributed by atoms with van der Waals surface area (Å²) in [7, 11) is 0. The van der Waals surface area contributed by atoms with Crippen molar-refractivity contribution in [1.82, 2.24) is 10.6 Å². The molecule has 3 aromatic rings.